The van der Waals surface area contributed by atoms with E-state index in [0.29, 0.717) is 73.2 Å². The lowest BCUT2D eigenvalue weighted by atomic mass is 9.92. The quantitative estimate of drug-likeness (QED) is 0.445. The summed E-state index contributed by atoms with van der Waals surface area (Å²) in [5, 5.41) is 17.8. The second kappa shape index (κ2) is 12.1. The molecule has 0 aliphatic carbocycles. The van der Waals surface area contributed by atoms with Crippen molar-refractivity contribution in [1.82, 2.24) is 19.9 Å². The lowest BCUT2D eigenvalue weighted by molar-refractivity contribution is -0.160. The number of carboxylic acids is 1. The Labute approximate surface area is 250 Å². The molecule has 0 saturated carbocycles. The molecule has 1 atom stereocenters. The number of carboxylic acid groups (broad SMARTS) is 1. The van der Waals surface area contributed by atoms with Gasteiger partial charge in [-0.2, -0.15) is 9.61 Å². The van der Waals surface area contributed by atoms with E-state index in [4.69, 9.17) is 14.2 Å². The molecule has 3 aliphatic rings. The molecule has 1 fully saturated rings. The zero-order valence-corrected chi connectivity index (χ0v) is 25.4. The van der Waals surface area contributed by atoms with Gasteiger partial charge in [-0.15, -0.1) is 0 Å². The third-order valence-corrected chi connectivity index (χ3v) is 7.83. The molecule has 43 heavy (non-hydrogen) atoms. The number of aliphatic carboxylic acids is 1. The highest BCUT2D eigenvalue weighted by atomic mass is 19.1. The molecular weight excluding hydrogens is 557 g/mol. The first kappa shape index (κ1) is 30.7. The number of carbonyl (C=O) groups excluding carboxylic acids is 1. The first-order chi connectivity index (χ1) is 20.3. The van der Waals surface area contributed by atoms with Crippen LogP contribution in [0.5, 0.6) is 5.75 Å². The number of carbonyl (C=O) groups is 2. The number of aryl methyl sites for hydroxylation is 1. The Morgan fingerprint density at radius 1 is 1.19 bits per heavy atom. The second-order valence-electron chi connectivity index (χ2n) is 12.5. The van der Waals surface area contributed by atoms with Crippen molar-refractivity contribution in [2.24, 2.45) is 0 Å². The summed E-state index contributed by atoms with van der Waals surface area (Å²) < 4.78 is 33.9. The maximum atomic E-state index is 14.0. The standard InChI is InChI=1S/C31H40FN5O6/c1-19-25(26(29(39)40)43-30(2,3)4)28-36-12-10-31(5,11-13-36)42-15-7-6-14-41-23-16-21(32)9-8-20(23)18-33-27(38)22-17-24(34-19)37(28)35-22/h8-9,16-17,26H,6-7,10-15,18H2,1-5H3,(H,33,38)(H,39,40). The van der Waals surface area contributed by atoms with Crippen LogP contribution in [0.3, 0.4) is 0 Å². The van der Waals surface area contributed by atoms with Crippen molar-refractivity contribution in [3.63, 3.8) is 0 Å². The summed E-state index contributed by atoms with van der Waals surface area (Å²) >= 11 is 0. The highest BCUT2D eigenvalue weighted by molar-refractivity contribution is 5.93. The van der Waals surface area contributed by atoms with E-state index in [1.165, 1.54) is 12.1 Å². The molecule has 1 unspecified atom stereocenters. The van der Waals surface area contributed by atoms with Crippen LogP contribution < -0.4 is 15.0 Å². The maximum absolute atomic E-state index is 14.0. The van der Waals surface area contributed by atoms with E-state index >= 15 is 0 Å². The summed E-state index contributed by atoms with van der Waals surface area (Å²) in [6.45, 7) is 11.5. The largest absolute Gasteiger partial charge is 0.493 e. The number of benzene rings is 1. The Kier molecular flexibility index (Phi) is 8.62. The smallest absolute Gasteiger partial charge is 0.337 e. The highest BCUT2D eigenvalue weighted by Gasteiger charge is 2.38. The molecule has 1 aromatic carbocycles. The monoisotopic (exact) mass is 597 g/mol. The van der Waals surface area contributed by atoms with Crippen LogP contribution in [0, 0.1) is 12.7 Å². The Morgan fingerprint density at radius 3 is 2.60 bits per heavy atom. The third-order valence-electron chi connectivity index (χ3n) is 7.83. The fraction of sp³-hybridized carbons (Fsp3) is 0.548. The van der Waals surface area contributed by atoms with Crippen molar-refractivity contribution in [3.05, 3.63) is 52.6 Å². The molecule has 0 radical (unpaired) electrons. The summed E-state index contributed by atoms with van der Waals surface area (Å²) in [6, 6.07) is 5.81. The minimum Gasteiger partial charge on any atom is -0.493 e. The average Bonchev–Trinajstić information content (AvgIpc) is 3.35. The number of aromatic nitrogens is 3. The fourth-order valence-corrected chi connectivity index (χ4v) is 5.54. The number of hydrogen-bond acceptors (Lipinski definition) is 8. The van der Waals surface area contributed by atoms with Crippen molar-refractivity contribution in [2.45, 2.75) is 84.2 Å². The van der Waals surface area contributed by atoms with E-state index in [1.807, 2.05) is 0 Å². The van der Waals surface area contributed by atoms with Gasteiger partial charge in [0.1, 0.15) is 17.4 Å². The molecule has 1 saturated heterocycles. The molecule has 12 heteroatoms. The van der Waals surface area contributed by atoms with E-state index in [0.717, 1.165) is 12.8 Å². The lowest BCUT2D eigenvalue weighted by Crippen LogP contribution is -2.46. The summed E-state index contributed by atoms with van der Waals surface area (Å²) in [7, 11) is 0. The van der Waals surface area contributed by atoms with Gasteiger partial charge in [0.05, 0.1) is 23.4 Å². The first-order valence-corrected chi connectivity index (χ1v) is 14.7. The number of amides is 1. The molecule has 0 spiro atoms. The van der Waals surface area contributed by atoms with Gasteiger partial charge in [-0.3, -0.25) is 4.79 Å². The first-order valence-electron chi connectivity index (χ1n) is 14.7. The van der Waals surface area contributed by atoms with E-state index in [-0.39, 0.29) is 17.8 Å². The number of halogens is 1. The summed E-state index contributed by atoms with van der Waals surface area (Å²) in [5.74, 6) is -1.11. The normalized spacial score (nSPS) is 18.7. The van der Waals surface area contributed by atoms with E-state index in [9.17, 15) is 19.1 Å². The van der Waals surface area contributed by atoms with Gasteiger partial charge in [-0.05, 0) is 66.4 Å². The maximum Gasteiger partial charge on any atom is 0.337 e. The van der Waals surface area contributed by atoms with Gasteiger partial charge < -0.3 is 29.5 Å². The van der Waals surface area contributed by atoms with Crippen LogP contribution in [0.1, 0.15) is 86.8 Å². The molecule has 3 aliphatic heterocycles. The molecule has 2 N–H and O–H groups in total. The Hall–Kier alpha value is -3.77. The van der Waals surface area contributed by atoms with Crippen LogP contribution in [0.2, 0.25) is 0 Å². The summed E-state index contributed by atoms with van der Waals surface area (Å²) in [5.41, 5.74) is 0.912. The number of nitrogens with zero attached hydrogens (tertiary/aromatic N) is 4. The SMILES string of the molecule is Cc1nc2cc3nn2c(c1C(OC(C)(C)C)C(=O)O)N1CCC(C)(CC1)OCCCCOc1cc(F)ccc1CNC3=O. The third kappa shape index (κ3) is 6.91. The van der Waals surface area contributed by atoms with Crippen LogP contribution in [-0.4, -0.2) is 69.1 Å². The van der Waals surface area contributed by atoms with Crippen LogP contribution in [0.15, 0.2) is 24.3 Å². The van der Waals surface area contributed by atoms with Crippen molar-refractivity contribution in [3.8, 4) is 5.75 Å². The molecular formula is C31H40FN5O6. The lowest BCUT2D eigenvalue weighted by Gasteiger charge is -2.41. The number of hydrogen-bond donors (Lipinski definition) is 2. The number of piperidine rings is 1. The molecule has 2 aromatic heterocycles. The van der Waals surface area contributed by atoms with Crippen molar-refractivity contribution >= 4 is 23.3 Å². The van der Waals surface area contributed by atoms with E-state index < -0.39 is 29.4 Å². The van der Waals surface area contributed by atoms with Gasteiger partial charge in [-0.1, -0.05) is 6.07 Å². The molecule has 5 heterocycles. The molecule has 232 valence electrons. The Balaban J connectivity index is 1.60. The minimum absolute atomic E-state index is 0.0982. The Morgan fingerprint density at radius 2 is 1.91 bits per heavy atom. The number of fused-ring (bicyclic) bond motifs is 9. The number of rotatable bonds is 3. The molecule has 11 nitrogen and oxygen atoms in total. The zero-order chi connectivity index (χ0) is 30.9. The summed E-state index contributed by atoms with van der Waals surface area (Å²) in [4.78, 5) is 32.7. The fourth-order valence-electron chi connectivity index (χ4n) is 5.54. The van der Waals surface area contributed by atoms with Gasteiger partial charge in [-0.25, -0.2) is 14.2 Å². The van der Waals surface area contributed by atoms with Crippen LogP contribution in [-0.2, 0) is 20.8 Å². The molecule has 1 amide bonds. The van der Waals surface area contributed by atoms with Gasteiger partial charge in [0.15, 0.2) is 17.4 Å². The molecule has 6 rings (SSSR count). The number of ether oxygens (including phenoxy) is 3. The van der Waals surface area contributed by atoms with Gasteiger partial charge in [0, 0.05) is 49.6 Å². The van der Waals surface area contributed by atoms with E-state index in [1.54, 1.807) is 44.3 Å². The molecule has 4 bridgehead atoms. The second-order valence-corrected chi connectivity index (χ2v) is 12.5. The zero-order valence-electron chi connectivity index (χ0n) is 25.4. The van der Waals surface area contributed by atoms with Crippen LogP contribution in [0.25, 0.3) is 5.65 Å². The predicted molar refractivity (Wildman–Crippen MR) is 157 cm³/mol. The predicted octanol–water partition coefficient (Wildman–Crippen LogP) is 4.60. The number of nitrogens with one attached hydrogen (secondary N) is 1. The highest BCUT2D eigenvalue weighted by Crippen LogP contribution is 2.37. The minimum atomic E-state index is -1.31. The summed E-state index contributed by atoms with van der Waals surface area (Å²) in [6.07, 6.45) is 1.59. The van der Waals surface area contributed by atoms with Crippen LogP contribution in [0.4, 0.5) is 10.2 Å². The van der Waals surface area contributed by atoms with E-state index in [2.05, 4.69) is 27.2 Å². The van der Waals surface area contributed by atoms with Crippen molar-refractivity contribution in [2.75, 3.05) is 31.2 Å². The Bertz CT molecular complexity index is 1510. The van der Waals surface area contributed by atoms with Crippen molar-refractivity contribution < 1.29 is 33.3 Å². The van der Waals surface area contributed by atoms with Gasteiger partial charge in [0.25, 0.3) is 5.91 Å². The molecule has 3 aromatic rings. The van der Waals surface area contributed by atoms with Gasteiger partial charge in [0.2, 0.25) is 0 Å². The average molecular weight is 598 g/mol. The van der Waals surface area contributed by atoms with Gasteiger partial charge >= 0.3 is 5.97 Å². The number of anilines is 1. The van der Waals surface area contributed by atoms with Crippen molar-refractivity contribution in [1.29, 1.82) is 0 Å². The topological polar surface area (TPSA) is 128 Å². The van der Waals surface area contributed by atoms with Crippen LogP contribution >= 0.6 is 0 Å².